The highest BCUT2D eigenvalue weighted by molar-refractivity contribution is 7.99. The second-order valence-corrected chi connectivity index (χ2v) is 7.66. The van der Waals surface area contributed by atoms with Crippen molar-refractivity contribution in [2.24, 2.45) is 0 Å². The van der Waals surface area contributed by atoms with Crippen molar-refractivity contribution in [2.45, 2.75) is 43.0 Å². The van der Waals surface area contributed by atoms with Crippen LogP contribution >= 0.6 is 35.0 Å². The van der Waals surface area contributed by atoms with E-state index < -0.39 is 0 Å². The van der Waals surface area contributed by atoms with Gasteiger partial charge in [0.15, 0.2) is 0 Å². The van der Waals surface area contributed by atoms with Crippen molar-refractivity contribution in [3.05, 3.63) is 39.6 Å². The number of nitrogens with two attached hydrogens (primary N) is 1. The van der Waals surface area contributed by atoms with Gasteiger partial charge in [0.05, 0.1) is 5.02 Å². The number of hydrogen-bond acceptors (Lipinski definition) is 4. The highest BCUT2D eigenvalue weighted by Gasteiger charge is 2.21. The Labute approximate surface area is 139 Å². The van der Waals surface area contributed by atoms with E-state index in [1.165, 1.54) is 11.8 Å². The van der Waals surface area contributed by atoms with Gasteiger partial charge in [0.25, 0.3) is 0 Å². The van der Waals surface area contributed by atoms with Crippen LogP contribution in [0.4, 0.5) is 5.82 Å². The van der Waals surface area contributed by atoms with E-state index in [4.69, 9.17) is 28.9 Å². The number of aromatic nitrogens is 2. The molecule has 0 fully saturated rings. The molecular formula is C15H17Cl2N3S. The Bertz CT molecular complexity index is 681. The summed E-state index contributed by atoms with van der Waals surface area (Å²) in [6.45, 7) is 8.07. The van der Waals surface area contributed by atoms with E-state index in [-0.39, 0.29) is 5.41 Å². The lowest BCUT2D eigenvalue weighted by Crippen LogP contribution is -2.18. The summed E-state index contributed by atoms with van der Waals surface area (Å²) in [5, 5.41) is 2.08. The molecule has 0 aliphatic rings. The second kappa shape index (κ2) is 6.03. The summed E-state index contributed by atoms with van der Waals surface area (Å²) in [7, 11) is 0. The highest BCUT2D eigenvalue weighted by Crippen LogP contribution is 2.37. The molecule has 2 rings (SSSR count). The van der Waals surface area contributed by atoms with Crippen molar-refractivity contribution in [3.8, 4) is 0 Å². The van der Waals surface area contributed by atoms with Gasteiger partial charge in [-0.1, -0.05) is 55.7 Å². The summed E-state index contributed by atoms with van der Waals surface area (Å²) >= 11 is 13.7. The van der Waals surface area contributed by atoms with E-state index in [0.29, 0.717) is 21.7 Å². The smallest absolute Gasteiger partial charge is 0.137 e. The second-order valence-electron chi connectivity index (χ2n) is 5.79. The van der Waals surface area contributed by atoms with Crippen molar-refractivity contribution in [1.29, 1.82) is 0 Å². The lowest BCUT2D eigenvalue weighted by molar-refractivity contribution is 0.538. The minimum atomic E-state index is -0.171. The Kier molecular flexibility index (Phi) is 4.71. The standard InChI is InChI=1S/C15H17Cl2N3S/c1-8-12(18)19-14(15(2,3)4)20-13(8)21-11-7-9(16)5-6-10(11)17/h5-7H,1-4H3,(H2,18,19,20). The largest absolute Gasteiger partial charge is 0.383 e. The number of benzene rings is 1. The maximum atomic E-state index is 6.21. The van der Waals surface area contributed by atoms with Gasteiger partial charge in [-0.3, -0.25) is 0 Å². The van der Waals surface area contributed by atoms with Crippen LogP contribution in [0.25, 0.3) is 0 Å². The normalized spacial score (nSPS) is 11.7. The molecule has 0 radical (unpaired) electrons. The summed E-state index contributed by atoms with van der Waals surface area (Å²) in [4.78, 5) is 9.87. The fourth-order valence-electron chi connectivity index (χ4n) is 1.61. The topological polar surface area (TPSA) is 51.8 Å². The summed E-state index contributed by atoms with van der Waals surface area (Å²) in [5.74, 6) is 1.21. The maximum absolute atomic E-state index is 6.21. The van der Waals surface area contributed by atoms with Crippen LogP contribution in [-0.4, -0.2) is 9.97 Å². The first-order valence-electron chi connectivity index (χ1n) is 6.46. The third kappa shape index (κ3) is 3.82. The van der Waals surface area contributed by atoms with Gasteiger partial charge < -0.3 is 5.73 Å². The molecule has 0 bridgehead atoms. The average Bonchev–Trinajstić information content (AvgIpc) is 2.37. The van der Waals surface area contributed by atoms with Crippen molar-refractivity contribution >= 4 is 40.8 Å². The van der Waals surface area contributed by atoms with Gasteiger partial charge in [0.1, 0.15) is 16.7 Å². The van der Waals surface area contributed by atoms with E-state index in [0.717, 1.165) is 15.5 Å². The van der Waals surface area contributed by atoms with Gasteiger partial charge in [0.2, 0.25) is 0 Å². The molecule has 0 saturated carbocycles. The van der Waals surface area contributed by atoms with E-state index in [2.05, 4.69) is 30.7 Å². The monoisotopic (exact) mass is 341 g/mol. The molecule has 2 aromatic rings. The van der Waals surface area contributed by atoms with Gasteiger partial charge in [-0.25, -0.2) is 9.97 Å². The van der Waals surface area contributed by atoms with Crippen molar-refractivity contribution in [1.82, 2.24) is 9.97 Å². The molecule has 6 heteroatoms. The Balaban J connectivity index is 2.49. The molecule has 3 nitrogen and oxygen atoms in total. The summed E-state index contributed by atoms with van der Waals surface area (Å²) in [6.07, 6.45) is 0. The van der Waals surface area contributed by atoms with E-state index in [1.807, 2.05) is 13.0 Å². The molecule has 0 saturated heterocycles. The SMILES string of the molecule is Cc1c(N)nc(C(C)(C)C)nc1Sc1cc(Cl)ccc1Cl. The maximum Gasteiger partial charge on any atom is 0.137 e. The van der Waals surface area contributed by atoms with Crippen molar-refractivity contribution in [3.63, 3.8) is 0 Å². The zero-order valence-electron chi connectivity index (χ0n) is 12.4. The van der Waals surface area contributed by atoms with Crippen LogP contribution < -0.4 is 5.73 Å². The molecule has 112 valence electrons. The fourth-order valence-corrected chi connectivity index (χ4v) is 3.03. The molecule has 1 heterocycles. The van der Waals surface area contributed by atoms with Crippen LogP contribution in [0.1, 0.15) is 32.2 Å². The zero-order valence-corrected chi connectivity index (χ0v) is 14.7. The molecule has 0 amide bonds. The van der Waals surface area contributed by atoms with Crippen LogP contribution in [0.3, 0.4) is 0 Å². The first-order valence-corrected chi connectivity index (χ1v) is 8.03. The summed E-state index contributed by atoms with van der Waals surface area (Å²) in [6, 6.07) is 5.36. The van der Waals surface area contributed by atoms with Crippen LogP contribution in [0.2, 0.25) is 10.0 Å². The Hall–Kier alpha value is -0.970. The molecule has 0 unspecified atom stereocenters. The van der Waals surface area contributed by atoms with Crippen molar-refractivity contribution in [2.75, 3.05) is 5.73 Å². The molecule has 0 aliphatic carbocycles. The number of rotatable bonds is 2. The predicted octanol–water partition coefficient (Wildman–Crippen LogP) is 5.12. The number of nitrogens with zero attached hydrogens (tertiary/aromatic N) is 2. The van der Waals surface area contributed by atoms with Gasteiger partial charge in [0, 0.05) is 20.9 Å². The first kappa shape index (κ1) is 16.4. The molecule has 0 atom stereocenters. The molecular weight excluding hydrogens is 325 g/mol. The number of hydrogen-bond donors (Lipinski definition) is 1. The molecule has 21 heavy (non-hydrogen) atoms. The van der Waals surface area contributed by atoms with E-state index in [1.54, 1.807) is 12.1 Å². The fraction of sp³-hybridized carbons (Fsp3) is 0.333. The molecule has 1 aromatic carbocycles. The van der Waals surface area contributed by atoms with Gasteiger partial charge >= 0.3 is 0 Å². The van der Waals surface area contributed by atoms with Crippen LogP contribution in [0, 0.1) is 6.92 Å². The number of nitrogen functional groups attached to an aromatic ring is 1. The molecule has 2 N–H and O–H groups in total. The average molecular weight is 342 g/mol. The zero-order chi connectivity index (χ0) is 15.8. The molecule has 1 aromatic heterocycles. The third-order valence-electron chi connectivity index (χ3n) is 2.91. The lowest BCUT2D eigenvalue weighted by atomic mass is 9.95. The Morgan fingerprint density at radius 2 is 1.81 bits per heavy atom. The van der Waals surface area contributed by atoms with Gasteiger partial charge in [-0.05, 0) is 25.1 Å². The lowest BCUT2D eigenvalue weighted by Gasteiger charge is -2.19. The van der Waals surface area contributed by atoms with Crippen LogP contribution in [0.15, 0.2) is 28.1 Å². The number of anilines is 1. The van der Waals surface area contributed by atoms with Gasteiger partial charge in [-0.2, -0.15) is 0 Å². The predicted molar refractivity (Wildman–Crippen MR) is 90.5 cm³/mol. The number of halogens is 2. The Morgan fingerprint density at radius 1 is 1.14 bits per heavy atom. The highest BCUT2D eigenvalue weighted by atomic mass is 35.5. The molecule has 0 spiro atoms. The minimum absolute atomic E-state index is 0.171. The quantitative estimate of drug-likeness (QED) is 0.770. The first-order chi connectivity index (χ1) is 9.68. The van der Waals surface area contributed by atoms with E-state index >= 15 is 0 Å². The summed E-state index contributed by atoms with van der Waals surface area (Å²) in [5.41, 5.74) is 6.70. The molecule has 0 aliphatic heterocycles. The Morgan fingerprint density at radius 3 is 2.43 bits per heavy atom. The van der Waals surface area contributed by atoms with Crippen LogP contribution in [-0.2, 0) is 5.41 Å². The summed E-state index contributed by atoms with van der Waals surface area (Å²) < 4.78 is 0. The minimum Gasteiger partial charge on any atom is -0.383 e. The third-order valence-corrected chi connectivity index (χ3v) is 4.73. The van der Waals surface area contributed by atoms with Crippen molar-refractivity contribution < 1.29 is 0 Å². The van der Waals surface area contributed by atoms with Gasteiger partial charge in [-0.15, -0.1) is 0 Å². The van der Waals surface area contributed by atoms with Crippen LogP contribution in [0.5, 0.6) is 0 Å². The van der Waals surface area contributed by atoms with E-state index in [9.17, 15) is 0 Å².